The van der Waals surface area contributed by atoms with Crippen LogP contribution in [0.5, 0.6) is 5.75 Å². The van der Waals surface area contributed by atoms with Gasteiger partial charge in [0.15, 0.2) is 5.78 Å². The molecule has 3 rings (SSSR count). The summed E-state index contributed by atoms with van der Waals surface area (Å²) in [6.07, 6.45) is 4.36. The normalized spacial score (nSPS) is 14.5. The van der Waals surface area contributed by atoms with Crippen LogP contribution in [-0.2, 0) is 6.42 Å². The zero-order valence-electron chi connectivity index (χ0n) is 12.3. The van der Waals surface area contributed by atoms with E-state index in [4.69, 9.17) is 4.74 Å². The fraction of sp³-hybridized carbons (Fsp3) is 0.316. The number of Topliss-reactive ketones (excluding diaryl/α,β-unsaturated/α-hetero) is 1. The van der Waals surface area contributed by atoms with Crippen molar-refractivity contribution in [3.63, 3.8) is 0 Å². The van der Waals surface area contributed by atoms with Gasteiger partial charge in [0, 0.05) is 12.0 Å². The van der Waals surface area contributed by atoms with Crippen molar-refractivity contribution in [1.29, 1.82) is 0 Å². The molecule has 108 valence electrons. The topological polar surface area (TPSA) is 26.3 Å². The molecular formula is C19H20O2. The number of hydrogen-bond donors (Lipinski definition) is 0. The van der Waals surface area contributed by atoms with Crippen molar-refractivity contribution in [3.05, 3.63) is 65.2 Å². The lowest BCUT2D eigenvalue weighted by Gasteiger charge is -2.25. The van der Waals surface area contributed by atoms with Crippen molar-refractivity contribution in [2.45, 2.75) is 31.6 Å². The highest BCUT2D eigenvalue weighted by Crippen LogP contribution is 2.36. The fourth-order valence-corrected chi connectivity index (χ4v) is 2.71. The minimum absolute atomic E-state index is 0.167. The van der Waals surface area contributed by atoms with E-state index in [2.05, 4.69) is 12.1 Å². The molecule has 0 radical (unpaired) electrons. The van der Waals surface area contributed by atoms with Crippen LogP contribution in [0, 0.1) is 0 Å². The first-order chi connectivity index (χ1) is 10.3. The number of methoxy groups -OCH3 is 1. The van der Waals surface area contributed by atoms with Crippen molar-refractivity contribution >= 4 is 5.78 Å². The molecule has 0 aromatic heterocycles. The minimum atomic E-state index is 0.167. The van der Waals surface area contributed by atoms with Crippen LogP contribution in [0.3, 0.4) is 0 Å². The summed E-state index contributed by atoms with van der Waals surface area (Å²) in [6.45, 7) is 0. The molecule has 1 saturated carbocycles. The Labute approximate surface area is 125 Å². The molecule has 0 amide bonds. The van der Waals surface area contributed by atoms with Crippen LogP contribution in [0.15, 0.2) is 48.5 Å². The second-order valence-electron chi connectivity index (χ2n) is 5.70. The maximum atomic E-state index is 12.3. The molecule has 0 spiro atoms. The van der Waals surface area contributed by atoms with Gasteiger partial charge in [0.2, 0.25) is 0 Å². The molecule has 0 N–H and O–H groups in total. The van der Waals surface area contributed by atoms with Gasteiger partial charge in [0.25, 0.3) is 0 Å². The molecule has 2 heteroatoms. The van der Waals surface area contributed by atoms with Gasteiger partial charge in [-0.3, -0.25) is 4.79 Å². The number of carbonyl (C=O) groups is 1. The Morgan fingerprint density at radius 3 is 2.24 bits per heavy atom. The van der Waals surface area contributed by atoms with Crippen LogP contribution in [-0.4, -0.2) is 12.9 Å². The smallest absolute Gasteiger partial charge is 0.167 e. The molecule has 2 nitrogen and oxygen atoms in total. The minimum Gasteiger partial charge on any atom is -0.497 e. The Morgan fingerprint density at radius 1 is 1.05 bits per heavy atom. The van der Waals surface area contributed by atoms with Crippen LogP contribution in [0.4, 0.5) is 0 Å². The van der Waals surface area contributed by atoms with E-state index in [0.29, 0.717) is 6.42 Å². The first kappa shape index (κ1) is 13.9. The highest BCUT2D eigenvalue weighted by molar-refractivity contribution is 5.97. The highest BCUT2D eigenvalue weighted by Gasteiger charge is 2.19. The summed E-state index contributed by atoms with van der Waals surface area (Å²) >= 11 is 0. The Kier molecular flexibility index (Phi) is 4.05. The number of benzene rings is 2. The molecule has 21 heavy (non-hydrogen) atoms. The molecule has 1 aliphatic carbocycles. The summed E-state index contributed by atoms with van der Waals surface area (Å²) in [5.74, 6) is 1.70. The van der Waals surface area contributed by atoms with E-state index >= 15 is 0 Å². The summed E-state index contributed by atoms with van der Waals surface area (Å²) in [4.78, 5) is 12.3. The van der Waals surface area contributed by atoms with Crippen molar-refractivity contribution in [2.24, 2.45) is 0 Å². The first-order valence-electron chi connectivity index (χ1n) is 7.52. The summed E-state index contributed by atoms with van der Waals surface area (Å²) < 4.78 is 5.13. The first-order valence-corrected chi connectivity index (χ1v) is 7.52. The third-order valence-corrected chi connectivity index (χ3v) is 4.33. The average Bonchev–Trinajstić information content (AvgIpc) is 2.47. The molecule has 2 aromatic carbocycles. The van der Waals surface area contributed by atoms with E-state index in [1.165, 1.54) is 24.8 Å². The SMILES string of the molecule is COc1ccc(CC(=O)c2ccc(C3CCC3)cc2)cc1. The van der Waals surface area contributed by atoms with Crippen molar-refractivity contribution in [3.8, 4) is 5.75 Å². The molecule has 0 atom stereocenters. The van der Waals surface area contributed by atoms with E-state index in [1.54, 1.807) is 7.11 Å². The van der Waals surface area contributed by atoms with Gasteiger partial charge >= 0.3 is 0 Å². The van der Waals surface area contributed by atoms with E-state index in [0.717, 1.165) is 22.8 Å². The van der Waals surface area contributed by atoms with Crippen molar-refractivity contribution < 1.29 is 9.53 Å². The summed E-state index contributed by atoms with van der Waals surface area (Å²) in [5.41, 5.74) is 3.19. The predicted octanol–water partition coefficient (Wildman–Crippen LogP) is 4.39. The van der Waals surface area contributed by atoms with Crippen LogP contribution < -0.4 is 4.74 Å². The summed E-state index contributed by atoms with van der Waals surface area (Å²) in [6, 6.07) is 15.8. The second-order valence-corrected chi connectivity index (χ2v) is 5.70. The van der Waals surface area contributed by atoms with Gasteiger partial charge in [0.1, 0.15) is 5.75 Å². The Hall–Kier alpha value is -2.09. The van der Waals surface area contributed by atoms with Gasteiger partial charge in [-0.15, -0.1) is 0 Å². The average molecular weight is 280 g/mol. The Bertz CT molecular complexity index is 607. The summed E-state index contributed by atoms with van der Waals surface area (Å²) in [7, 11) is 1.64. The second kappa shape index (κ2) is 6.13. The quantitative estimate of drug-likeness (QED) is 0.759. The van der Waals surface area contributed by atoms with Gasteiger partial charge in [0.05, 0.1) is 7.11 Å². The van der Waals surface area contributed by atoms with Gasteiger partial charge < -0.3 is 4.74 Å². The number of ketones is 1. The number of ether oxygens (including phenoxy) is 1. The van der Waals surface area contributed by atoms with Crippen LogP contribution in [0.25, 0.3) is 0 Å². The van der Waals surface area contributed by atoms with Gasteiger partial charge in [-0.05, 0) is 42.0 Å². The van der Waals surface area contributed by atoms with E-state index in [1.807, 2.05) is 36.4 Å². The zero-order chi connectivity index (χ0) is 14.7. The highest BCUT2D eigenvalue weighted by atomic mass is 16.5. The van der Waals surface area contributed by atoms with Crippen molar-refractivity contribution in [1.82, 2.24) is 0 Å². The Morgan fingerprint density at radius 2 is 1.71 bits per heavy atom. The molecule has 2 aromatic rings. The molecular weight excluding hydrogens is 260 g/mol. The predicted molar refractivity (Wildman–Crippen MR) is 84.1 cm³/mol. The fourth-order valence-electron chi connectivity index (χ4n) is 2.71. The molecule has 1 aliphatic rings. The molecule has 1 fully saturated rings. The van der Waals surface area contributed by atoms with Crippen LogP contribution >= 0.6 is 0 Å². The molecule has 0 unspecified atom stereocenters. The lowest BCUT2D eigenvalue weighted by Crippen LogP contribution is -2.09. The van der Waals surface area contributed by atoms with E-state index in [-0.39, 0.29) is 5.78 Å². The monoisotopic (exact) mass is 280 g/mol. The molecule has 0 saturated heterocycles. The number of rotatable bonds is 5. The van der Waals surface area contributed by atoms with Gasteiger partial charge in [-0.1, -0.05) is 42.8 Å². The van der Waals surface area contributed by atoms with E-state index in [9.17, 15) is 4.79 Å². The molecule has 0 aliphatic heterocycles. The lowest BCUT2D eigenvalue weighted by molar-refractivity contribution is 0.0993. The third kappa shape index (κ3) is 3.15. The maximum absolute atomic E-state index is 12.3. The molecule has 0 bridgehead atoms. The van der Waals surface area contributed by atoms with Crippen LogP contribution in [0.2, 0.25) is 0 Å². The third-order valence-electron chi connectivity index (χ3n) is 4.33. The molecule has 0 heterocycles. The van der Waals surface area contributed by atoms with E-state index < -0.39 is 0 Å². The number of carbonyl (C=O) groups excluding carboxylic acids is 1. The standard InChI is InChI=1S/C19H20O2/c1-21-18-11-5-14(6-12-18)13-19(20)17-9-7-16(8-10-17)15-3-2-4-15/h5-12,15H,2-4,13H2,1H3. The van der Waals surface area contributed by atoms with Crippen molar-refractivity contribution in [2.75, 3.05) is 7.11 Å². The maximum Gasteiger partial charge on any atom is 0.167 e. The number of hydrogen-bond acceptors (Lipinski definition) is 2. The van der Waals surface area contributed by atoms with Gasteiger partial charge in [-0.2, -0.15) is 0 Å². The summed E-state index contributed by atoms with van der Waals surface area (Å²) in [5, 5.41) is 0. The lowest BCUT2D eigenvalue weighted by atomic mass is 9.80. The van der Waals surface area contributed by atoms with Crippen LogP contribution in [0.1, 0.15) is 46.7 Å². The zero-order valence-corrected chi connectivity index (χ0v) is 12.3. The van der Waals surface area contributed by atoms with Gasteiger partial charge in [-0.25, -0.2) is 0 Å². The Balaban J connectivity index is 1.66. The largest absolute Gasteiger partial charge is 0.497 e.